The maximum absolute atomic E-state index is 9.98. The summed E-state index contributed by atoms with van der Waals surface area (Å²) in [4.78, 5) is 18.1. The van der Waals surface area contributed by atoms with Gasteiger partial charge in [0.25, 0.3) is 0 Å². The van der Waals surface area contributed by atoms with Gasteiger partial charge in [-0.1, -0.05) is 52.7 Å². The lowest BCUT2D eigenvalue weighted by Crippen LogP contribution is -2.37. The van der Waals surface area contributed by atoms with Crippen LogP contribution >= 0.6 is 11.3 Å². The molecule has 0 bridgehead atoms. The average Bonchev–Trinajstić information content (AvgIpc) is 3.50. The summed E-state index contributed by atoms with van der Waals surface area (Å²) in [6.07, 6.45) is 11.4. The van der Waals surface area contributed by atoms with Crippen molar-refractivity contribution in [3.8, 4) is 0 Å². The zero-order chi connectivity index (χ0) is 25.4. The van der Waals surface area contributed by atoms with E-state index in [4.69, 9.17) is 5.11 Å². The number of pyridine rings is 1. The van der Waals surface area contributed by atoms with Crippen molar-refractivity contribution in [1.29, 1.82) is 0 Å². The van der Waals surface area contributed by atoms with E-state index in [2.05, 4.69) is 73.1 Å². The number of aromatic nitrogens is 1. The van der Waals surface area contributed by atoms with E-state index in [-0.39, 0.29) is 23.6 Å². The van der Waals surface area contributed by atoms with Crippen molar-refractivity contribution in [2.24, 2.45) is 0 Å². The lowest BCUT2D eigenvalue weighted by molar-refractivity contribution is -0.109. The summed E-state index contributed by atoms with van der Waals surface area (Å²) < 4.78 is 0. The van der Waals surface area contributed by atoms with E-state index in [1.807, 2.05) is 29.8 Å². The number of hydrogen-bond donors (Lipinski definition) is 3. The fourth-order valence-corrected chi connectivity index (χ4v) is 5.74. The number of anilines is 1. The molecule has 1 aliphatic carbocycles. The monoisotopic (exact) mass is 498 g/mol. The molecule has 1 saturated carbocycles. The zero-order valence-electron chi connectivity index (χ0n) is 21.7. The molecule has 6 nitrogen and oxygen atoms in total. The number of aldehydes is 1. The summed E-state index contributed by atoms with van der Waals surface area (Å²) >= 11 is 1.87. The fraction of sp³-hybridized carbons (Fsp3) is 0.571. The maximum atomic E-state index is 9.98. The van der Waals surface area contributed by atoms with Crippen molar-refractivity contribution in [1.82, 2.24) is 15.6 Å². The number of carbonyl (C=O) groups excluding carboxylic acids is 1. The lowest BCUT2D eigenvalue weighted by Gasteiger charge is -2.34. The molecule has 1 aliphatic heterocycles. The van der Waals surface area contributed by atoms with Gasteiger partial charge in [0, 0.05) is 42.6 Å². The van der Waals surface area contributed by atoms with Crippen LogP contribution in [-0.2, 0) is 10.2 Å². The molecular formula is C28H42N4O2S. The molecule has 0 amide bonds. The molecule has 3 N–H and O–H groups in total. The second-order valence-corrected chi connectivity index (χ2v) is 11.8. The third-order valence-electron chi connectivity index (χ3n) is 6.70. The molecule has 2 aromatic heterocycles. The van der Waals surface area contributed by atoms with Gasteiger partial charge in [-0.05, 0) is 48.4 Å². The Morgan fingerprint density at radius 1 is 1.29 bits per heavy atom. The van der Waals surface area contributed by atoms with Gasteiger partial charge in [-0.2, -0.15) is 0 Å². The van der Waals surface area contributed by atoms with E-state index in [1.54, 1.807) is 0 Å². The predicted molar refractivity (Wildman–Crippen MR) is 146 cm³/mol. The Bertz CT molecular complexity index is 934. The summed E-state index contributed by atoms with van der Waals surface area (Å²) in [5.41, 5.74) is 2.42. The van der Waals surface area contributed by atoms with Crippen LogP contribution in [0.25, 0.3) is 0 Å². The third kappa shape index (κ3) is 7.89. The Kier molecular flexibility index (Phi) is 9.89. The molecule has 1 saturated heterocycles. The first-order chi connectivity index (χ1) is 16.7. The van der Waals surface area contributed by atoms with Crippen LogP contribution < -0.4 is 15.5 Å². The van der Waals surface area contributed by atoms with Gasteiger partial charge in [-0.3, -0.25) is 4.98 Å². The molecular weight excluding hydrogens is 456 g/mol. The van der Waals surface area contributed by atoms with Crippen LogP contribution in [0, 0.1) is 0 Å². The Morgan fingerprint density at radius 3 is 2.54 bits per heavy atom. The van der Waals surface area contributed by atoms with Crippen LogP contribution in [0.2, 0.25) is 0 Å². The summed E-state index contributed by atoms with van der Waals surface area (Å²) in [6, 6.07) is 9.18. The van der Waals surface area contributed by atoms with Gasteiger partial charge in [0.1, 0.15) is 6.29 Å². The van der Waals surface area contributed by atoms with Crippen LogP contribution in [0.4, 0.5) is 5.00 Å². The molecule has 3 heterocycles. The summed E-state index contributed by atoms with van der Waals surface area (Å²) in [7, 11) is 2.17. The molecule has 2 aliphatic rings. The number of thiophene rings is 1. The summed E-state index contributed by atoms with van der Waals surface area (Å²) in [5.74, 6) is 0. The smallest absolute Gasteiger partial charge is 0.136 e. The highest BCUT2D eigenvalue weighted by Gasteiger charge is 2.26. The molecule has 35 heavy (non-hydrogen) atoms. The van der Waals surface area contributed by atoms with Gasteiger partial charge in [0.05, 0.1) is 23.2 Å². The predicted octanol–water partition coefficient (Wildman–Crippen LogP) is 4.96. The highest BCUT2D eigenvalue weighted by molar-refractivity contribution is 7.16. The van der Waals surface area contributed by atoms with E-state index in [1.165, 1.54) is 47.5 Å². The second-order valence-electron chi connectivity index (χ2n) is 10.7. The first kappa shape index (κ1) is 27.4. The number of hydrogen-bond acceptors (Lipinski definition) is 7. The number of likely N-dealkylation sites (N-methyl/N-ethyl adjacent to an activating group) is 1. The van der Waals surface area contributed by atoms with Crippen molar-refractivity contribution >= 4 is 22.6 Å². The minimum absolute atomic E-state index is 0.0760. The molecule has 0 aromatic carbocycles. The molecule has 0 spiro atoms. The number of rotatable bonds is 7. The summed E-state index contributed by atoms with van der Waals surface area (Å²) in [6.45, 7) is 11.8. The van der Waals surface area contributed by atoms with Crippen LogP contribution in [-0.4, -0.2) is 48.2 Å². The quantitative estimate of drug-likeness (QED) is 0.468. The first-order valence-electron chi connectivity index (χ1n) is 12.7. The second kappa shape index (κ2) is 12.7. The minimum atomic E-state index is -0.315. The van der Waals surface area contributed by atoms with E-state index in [0.717, 1.165) is 12.0 Å². The third-order valence-corrected chi connectivity index (χ3v) is 8.30. The van der Waals surface area contributed by atoms with Gasteiger partial charge in [0.15, 0.2) is 0 Å². The van der Waals surface area contributed by atoms with E-state index >= 15 is 0 Å². The first-order valence-corrected chi connectivity index (χ1v) is 13.6. The SMILES string of the molecule is C=C(NC1CCCCC1)C(c1cccnc1)N(C)c1ccc(C(C)(C)C)s1.O=CC1CC(O)CN1. The average molecular weight is 499 g/mol. The fourth-order valence-electron chi connectivity index (χ4n) is 4.68. The van der Waals surface area contributed by atoms with Crippen LogP contribution in [0.5, 0.6) is 0 Å². The standard InChI is InChI=1S/C23H33N3S.C5H9NO2/c1-17(25-19-11-7-6-8-12-19)22(18-10-9-15-24-16-18)26(5)21-14-13-20(27-21)23(2,3)4;7-3-4-1-5(8)2-6-4/h9-10,13-16,19,22,25H,1,6-8,11-12H2,2-5H3;3-6,8H,1-2H2. The van der Waals surface area contributed by atoms with Gasteiger partial charge < -0.3 is 25.4 Å². The Labute approximate surface area is 214 Å². The number of aliphatic hydroxyl groups is 1. The number of aliphatic hydroxyl groups excluding tert-OH is 1. The highest BCUT2D eigenvalue weighted by atomic mass is 32.1. The highest BCUT2D eigenvalue weighted by Crippen LogP contribution is 2.38. The van der Waals surface area contributed by atoms with E-state index in [9.17, 15) is 4.79 Å². The molecule has 2 fully saturated rings. The van der Waals surface area contributed by atoms with Crippen molar-refractivity contribution in [2.75, 3.05) is 18.5 Å². The largest absolute Gasteiger partial charge is 0.392 e. The Morgan fingerprint density at radius 2 is 2.03 bits per heavy atom. The van der Waals surface area contributed by atoms with Gasteiger partial charge in [-0.25, -0.2) is 0 Å². The molecule has 3 atom stereocenters. The van der Waals surface area contributed by atoms with Crippen LogP contribution in [0.3, 0.4) is 0 Å². The van der Waals surface area contributed by atoms with Gasteiger partial charge in [-0.15, -0.1) is 11.3 Å². The van der Waals surface area contributed by atoms with E-state index in [0.29, 0.717) is 19.0 Å². The normalized spacial score (nSPS) is 21.5. The van der Waals surface area contributed by atoms with Crippen molar-refractivity contribution in [3.63, 3.8) is 0 Å². The summed E-state index contributed by atoms with van der Waals surface area (Å²) in [5, 5.41) is 16.7. The van der Waals surface area contributed by atoms with Gasteiger partial charge >= 0.3 is 0 Å². The maximum Gasteiger partial charge on any atom is 0.136 e. The number of β-amino-alcohol motifs (C(OH)–C–C–N with tert-alkyl or cyclic N) is 1. The van der Waals surface area contributed by atoms with Gasteiger partial charge in [0.2, 0.25) is 0 Å². The number of nitrogens with one attached hydrogen (secondary N) is 2. The Hall–Kier alpha value is -2.22. The molecule has 2 aromatic rings. The van der Waals surface area contributed by atoms with Crippen LogP contribution in [0.1, 0.15) is 75.8 Å². The zero-order valence-corrected chi connectivity index (χ0v) is 22.5. The molecule has 0 radical (unpaired) electrons. The minimum Gasteiger partial charge on any atom is -0.392 e. The lowest BCUT2D eigenvalue weighted by atomic mass is 9.94. The molecule has 3 unspecified atom stereocenters. The van der Waals surface area contributed by atoms with Crippen molar-refractivity contribution in [3.05, 3.63) is 59.4 Å². The molecule has 4 rings (SSSR count). The van der Waals surface area contributed by atoms with Crippen molar-refractivity contribution in [2.45, 2.75) is 88.9 Å². The van der Waals surface area contributed by atoms with Crippen LogP contribution in [0.15, 0.2) is 48.9 Å². The topological polar surface area (TPSA) is 77.5 Å². The Balaban J connectivity index is 0.000000363. The molecule has 192 valence electrons. The van der Waals surface area contributed by atoms with Crippen molar-refractivity contribution < 1.29 is 9.90 Å². The number of carbonyl (C=O) groups is 1. The molecule has 7 heteroatoms. The van der Waals surface area contributed by atoms with E-state index < -0.39 is 0 Å². The number of nitrogens with zero attached hydrogens (tertiary/aromatic N) is 2.